The summed E-state index contributed by atoms with van der Waals surface area (Å²) in [6.45, 7) is 2.10. The smallest absolute Gasteiger partial charge is 0.311 e. The van der Waals surface area contributed by atoms with E-state index in [0.29, 0.717) is 34.5 Å². The number of aldehydes is 1. The minimum absolute atomic E-state index is 0.143. The van der Waals surface area contributed by atoms with Crippen LogP contribution in [-0.4, -0.2) is 42.5 Å². The molecule has 2 aromatic carbocycles. The van der Waals surface area contributed by atoms with Crippen molar-refractivity contribution in [2.45, 2.75) is 13.3 Å². The minimum atomic E-state index is -0.308. The minimum Gasteiger partial charge on any atom is -0.496 e. The average molecular weight is 424 g/mol. The molecule has 0 spiro atoms. The summed E-state index contributed by atoms with van der Waals surface area (Å²) in [4.78, 5) is 30.0. The van der Waals surface area contributed by atoms with E-state index in [1.165, 1.54) is 11.3 Å². The number of ether oxygens (including phenoxy) is 3. The average Bonchev–Trinajstić information content (AvgIpc) is 3.29. The lowest BCUT2D eigenvalue weighted by Gasteiger charge is -2.14. The molecule has 0 aliphatic rings. The highest BCUT2D eigenvalue weighted by atomic mass is 32.1. The maximum Gasteiger partial charge on any atom is 0.311 e. The molecule has 2 aromatic heterocycles. The lowest BCUT2D eigenvalue weighted by Crippen LogP contribution is -2.06. The number of carbonyl (C=O) groups excluding carboxylic acids is 2. The summed E-state index contributed by atoms with van der Waals surface area (Å²) >= 11 is 1.35. The largest absolute Gasteiger partial charge is 0.496 e. The Hall–Kier alpha value is -3.39. The van der Waals surface area contributed by atoms with Gasteiger partial charge < -0.3 is 14.2 Å². The van der Waals surface area contributed by atoms with Gasteiger partial charge in [-0.2, -0.15) is 0 Å². The van der Waals surface area contributed by atoms with E-state index in [1.807, 2.05) is 24.3 Å². The molecule has 0 bridgehead atoms. The summed E-state index contributed by atoms with van der Waals surface area (Å²) in [6.07, 6.45) is 2.67. The fourth-order valence-corrected chi connectivity index (χ4v) is 4.50. The van der Waals surface area contributed by atoms with Crippen LogP contribution in [0.25, 0.3) is 27.0 Å². The molecule has 7 nitrogen and oxygen atoms in total. The molecule has 30 heavy (non-hydrogen) atoms. The van der Waals surface area contributed by atoms with Crippen molar-refractivity contribution in [3.8, 4) is 22.8 Å². The standard InChI is InChI=1S/C22H20N2O5S/c1-4-29-19(26)9-13-11-24-16(12-25)21(23-22(24)30-13)20-15-8-6-5-7-14(15)17(27-2)10-18(20)28-3/h5-8,10-12H,4,9H2,1-3H3. The number of carbonyl (C=O) groups is 2. The first-order valence-electron chi connectivity index (χ1n) is 9.36. The third-order valence-electron chi connectivity index (χ3n) is 4.79. The van der Waals surface area contributed by atoms with Crippen LogP contribution in [0, 0.1) is 0 Å². The second-order valence-electron chi connectivity index (χ2n) is 6.50. The van der Waals surface area contributed by atoms with Gasteiger partial charge in [-0.3, -0.25) is 14.0 Å². The third-order valence-corrected chi connectivity index (χ3v) is 5.78. The Labute approximate surface area is 176 Å². The fourth-order valence-electron chi connectivity index (χ4n) is 3.53. The Kier molecular flexibility index (Phi) is 5.41. The maximum atomic E-state index is 12.1. The molecule has 0 saturated heterocycles. The van der Waals surface area contributed by atoms with Gasteiger partial charge >= 0.3 is 5.97 Å². The number of fused-ring (bicyclic) bond motifs is 2. The van der Waals surface area contributed by atoms with Crippen LogP contribution in [0.3, 0.4) is 0 Å². The third kappa shape index (κ3) is 3.29. The molecule has 0 saturated carbocycles. The van der Waals surface area contributed by atoms with E-state index >= 15 is 0 Å². The summed E-state index contributed by atoms with van der Waals surface area (Å²) in [7, 11) is 3.18. The van der Waals surface area contributed by atoms with Gasteiger partial charge in [-0.05, 0) is 12.3 Å². The first kappa shape index (κ1) is 19.9. The van der Waals surface area contributed by atoms with E-state index in [0.717, 1.165) is 27.5 Å². The molecular formula is C22H20N2O5S. The molecule has 0 radical (unpaired) electrons. The predicted molar refractivity (Wildman–Crippen MR) is 115 cm³/mol. The van der Waals surface area contributed by atoms with Crippen LogP contribution in [-0.2, 0) is 16.0 Å². The summed E-state index contributed by atoms with van der Waals surface area (Å²) < 4.78 is 17.9. The van der Waals surface area contributed by atoms with Crippen LogP contribution in [0.2, 0.25) is 0 Å². The number of methoxy groups -OCH3 is 2. The number of rotatable bonds is 7. The molecule has 0 amide bonds. The molecule has 0 aliphatic carbocycles. The molecule has 0 fully saturated rings. The van der Waals surface area contributed by atoms with E-state index in [9.17, 15) is 9.59 Å². The highest BCUT2D eigenvalue weighted by molar-refractivity contribution is 7.17. The summed E-state index contributed by atoms with van der Waals surface area (Å²) in [5, 5.41) is 1.77. The van der Waals surface area contributed by atoms with Gasteiger partial charge in [0.2, 0.25) is 0 Å². The summed E-state index contributed by atoms with van der Waals surface area (Å²) in [5.74, 6) is 0.931. The quantitative estimate of drug-likeness (QED) is 0.328. The molecule has 0 N–H and O–H groups in total. The lowest BCUT2D eigenvalue weighted by atomic mass is 9.99. The predicted octanol–water partition coefficient (Wildman–Crippen LogP) is 4.15. The number of hydrogen-bond acceptors (Lipinski definition) is 7. The van der Waals surface area contributed by atoms with Crippen LogP contribution in [0.4, 0.5) is 0 Å². The first-order chi connectivity index (χ1) is 14.6. The maximum absolute atomic E-state index is 12.1. The Bertz CT molecular complexity index is 1260. The van der Waals surface area contributed by atoms with Gasteiger partial charge in [0.25, 0.3) is 0 Å². The summed E-state index contributed by atoms with van der Waals surface area (Å²) in [5.41, 5.74) is 1.64. The number of benzene rings is 2. The number of aromatic nitrogens is 2. The molecular weight excluding hydrogens is 404 g/mol. The highest BCUT2D eigenvalue weighted by Crippen LogP contribution is 2.43. The fraction of sp³-hybridized carbons (Fsp3) is 0.227. The van der Waals surface area contributed by atoms with Gasteiger partial charge in [0.15, 0.2) is 11.2 Å². The van der Waals surface area contributed by atoms with Gasteiger partial charge in [0, 0.05) is 22.5 Å². The van der Waals surface area contributed by atoms with Crippen LogP contribution >= 0.6 is 11.3 Å². The number of imidazole rings is 1. The number of nitrogens with zero attached hydrogens (tertiary/aromatic N) is 2. The van der Waals surface area contributed by atoms with Crippen molar-refractivity contribution in [3.05, 3.63) is 47.1 Å². The highest BCUT2D eigenvalue weighted by Gasteiger charge is 2.23. The van der Waals surface area contributed by atoms with Crippen LogP contribution in [0.15, 0.2) is 36.5 Å². The van der Waals surface area contributed by atoms with Gasteiger partial charge in [-0.1, -0.05) is 24.3 Å². The van der Waals surface area contributed by atoms with Gasteiger partial charge in [-0.15, -0.1) is 11.3 Å². The second-order valence-corrected chi connectivity index (χ2v) is 7.59. The molecule has 154 valence electrons. The zero-order valence-corrected chi connectivity index (χ0v) is 17.6. The Morgan fingerprint density at radius 3 is 2.57 bits per heavy atom. The second kappa shape index (κ2) is 8.16. The van der Waals surface area contributed by atoms with E-state index in [-0.39, 0.29) is 12.4 Å². The molecule has 0 atom stereocenters. The van der Waals surface area contributed by atoms with Crippen molar-refractivity contribution in [2.75, 3.05) is 20.8 Å². The van der Waals surface area contributed by atoms with Crippen molar-refractivity contribution in [1.29, 1.82) is 0 Å². The zero-order valence-electron chi connectivity index (χ0n) is 16.8. The van der Waals surface area contributed by atoms with E-state index < -0.39 is 0 Å². The van der Waals surface area contributed by atoms with E-state index in [1.54, 1.807) is 37.8 Å². The van der Waals surface area contributed by atoms with E-state index in [2.05, 4.69) is 0 Å². The topological polar surface area (TPSA) is 79.1 Å². The molecule has 2 heterocycles. The molecule has 8 heteroatoms. The normalized spacial score (nSPS) is 11.0. The number of thiazole rings is 1. The molecule has 0 aliphatic heterocycles. The van der Waals surface area contributed by atoms with Crippen molar-refractivity contribution in [3.63, 3.8) is 0 Å². The van der Waals surface area contributed by atoms with Crippen molar-refractivity contribution in [1.82, 2.24) is 9.38 Å². The first-order valence-corrected chi connectivity index (χ1v) is 10.2. The van der Waals surface area contributed by atoms with Crippen molar-refractivity contribution in [2.24, 2.45) is 0 Å². The van der Waals surface area contributed by atoms with Crippen LogP contribution in [0.1, 0.15) is 22.3 Å². The van der Waals surface area contributed by atoms with Crippen molar-refractivity contribution >= 4 is 39.3 Å². The SMILES string of the molecule is CCOC(=O)Cc1cn2c(C=O)c(-c3c(OC)cc(OC)c4ccccc34)nc2s1. The Morgan fingerprint density at radius 1 is 1.17 bits per heavy atom. The lowest BCUT2D eigenvalue weighted by molar-refractivity contribution is -0.142. The van der Waals surface area contributed by atoms with Crippen molar-refractivity contribution < 1.29 is 23.8 Å². The monoisotopic (exact) mass is 424 g/mol. The Balaban J connectivity index is 1.91. The van der Waals surface area contributed by atoms with Gasteiger partial charge in [-0.25, -0.2) is 4.98 Å². The van der Waals surface area contributed by atoms with Crippen LogP contribution in [0.5, 0.6) is 11.5 Å². The zero-order chi connectivity index (χ0) is 21.3. The molecule has 4 rings (SSSR count). The van der Waals surface area contributed by atoms with Gasteiger partial charge in [0.1, 0.15) is 22.9 Å². The Morgan fingerprint density at radius 2 is 1.90 bits per heavy atom. The van der Waals surface area contributed by atoms with Gasteiger partial charge in [0.05, 0.1) is 32.8 Å². The van der Waals surface area contributed by atoms with E-state index in [4.69, 9.17) is 19.2 Å². The number of hydrogen-bond donors (Lipinski definition) is 0. The van der Waals surface area contributed by atoms with Crippen LogP contribution < -0.4 is 9.47 Å². The molecule has 0 unspecified atom stereocenters. The number of esters is 1. The summed E-state index contributed by atoms with van der Waals surface area (Å²) in [6, 6.07) is 9.54. The molecule has 4 aromatic rings.